The Labute approximate surface area is 213 Å². The number of halogens is 5. The minimum Gasteiger partial charge on any atom is -0.294 e. The van der Waals surface area contributed by atoms with E-state index in [9.17, 15) is 32.0 Å². The van der Waals surface area contributed by atoms with Crippen LogP contribution in [-0.4, -0.2) is 23.4 Å². The molecule has 3 unspecified atom stereocenters. The first-order valence-electron chi connectivity index (χ1n) is 12.6. The van der Waals surface area contributed by atoms with E-state index >= 15 is 0 Å². The van der Waals surface area contributed by atoms with E-state index in [2.05, 4.69) is 18.0 Å². The molecular formula is C29H29F5N2O. The van der Waals surface area contributed by atoms with Crippen molar-refractivity contribution >= 4 is 16.9 Å². The lowest BCUT2D eigenvalue weighted by molar-refractivity contribution is -0.168. The highest BCUT2D eigenvalue weighted by Gasteiger charge is 2.37. The predicted octanol–water partition coefficient (Wildman–Crippen LogP) is 8.02. The Morgan fingerprint density at radius 3 is 2.49 bits per heavy atom. The molecule has 8 heteroatoms. The lowest BCUT2D eigenvalue weighted by Gasteiger charge is -2.24. The van der Waals surface area contributed by atoms with E-state index < -0.39 is 30.7 Å². The molecule has 1 heterocycles. The number of Topliss-reactive ketones (excluding diaryl/α,β-unsaturated/α-hetero) is 1. The topological polar surface area (TPSA) is 53.8 Å². The van der Waals surface area contributed by atoms with Gasteiger partial charge < -0.3 is 0 Å². The minimum atomic E-state index is -4.45. The van der Waals surface area contributed by atoms with Gasteiger partial charge in [-0.2, -0.15) is 18.4 Å². The Bertz CT molecular complexity index is 1220. The summed E-state index contributed by atoms with van der Waals surface area (Å²) in [5.74, 6) is -1.58. The maximum Gasteiger partial charge on any atom is 0.391 e. The van der Waals surface area contributed by atoms with Gasteiger partial charge in [0, 0.05) is 24.6 Å². The Hall–Kier alpha value is -3.08. The van der Waals surface area contributed by atoms with Gasteiger partial charge in [0.15, 0.2) is 5.78 Å². The highest BCUT2D eigenvalue weighted by Crippen LogP contribution is 2.48. The molecule has 1 fully saturated rings. The molecule has 3 nitrogen and oxygen atoms in total. The van der Waals surface area contributed by atoms with E-state index in [0.29, 0.717) is 40.3 Å². The zero-order valence-electron chi connectivity index (χ0n) is 20.8. The van der Waals surface area contributed by atoms with Gasteiger partial charge in [0.25, 0.3) is 0 Å². The summed E-state index contributed by atoms with van der Waals surface area (Å²) < 4.78 is 64.8. The average Bonchev–Trinajstić information content (AvgIpc) is 3.67. The standard InChI is InChI=1S/C29H29F5N2O/c1-16(29(32,33)34)9-27(37)20-6-8-26(36-15-20)24-13-21(10-18-3-4-18)17(2)23-11-19(12-28(30)31)5-7-22(23)25(24)14-35/h5-8,11,15-18,21,28H,3-4,9-10,12-13H2,1-2H3. The van der Waals surface area contributed by atoms with Gasteiger partial charge in [-0.25, -0.2) is 8.78 Å². The van der Waals surface area contributed by atoms with Crippen LogP contribution < -0.4 is 0 Å². The third-order valence-electron chi connectivity index (χ3n) is 7.63. The Balaban J connectivity index is 1.72. The van der Waals surface area contributed by atoms with E-state index in [1.165, 1.54) is 12.3 Å². The molecule has 1 aromatic heterocycles. The van der Waals surface area contributed by atoms with Crippen LogP contribution in [0, 0.1) is 29.1 Å². The summed E-state index contributed by atoms with van der Waals surface area (Å²) >= 11 is 0. The van der Waals surface area contributed by atoms with Crippen LogP contribution in [0.15, 0.2) is 36.5 Å². The third-order valence-corrected chi connectivity index (χ3v) is 7.63. The summed E-state index contributed by atoms with van der Waals surface area (Å²) in [5.41, 5.74) is 3.82. The van der Waals surface area contributed by atoms with Gasteiger partial charge in [-0.15, -0.1) is 0 Å². The zero-order chi connectivity index (χ0) is 26.9. The van der Waals surface area contributed by atoms with Crippen LogP contribution in [0.3, 0.4) is 0 Å². The second kappa shape index (κ2) is 10.7. The van der Waals surface area contributed by atoms with Gasteiger partial charge in [-0.1, -0.05) is 44.9 Å². The van der Waals surface area contributed by atoms with Crippen molar-refractivity contribution in [2.24, 2.45) is 17.8 Å². The number of carbonyl (C=O) groups excluding carboxylic acids is 1. The lowest BCUT2D eigenvalue weighted by Crippen LogP contribution is -2.22. The number of carbonyl (C=O) groups is 1. The summed E-state index contributed by atoms with van der Waals surface area (Å²) in [6.45, 7) is 3.05. The van der Waals surface area contributed by atoms with Gasteiger partial charge in [0.05, 0.1) is 17.2 Å². The Kier molecular flexibility index (Phi) is 7.82. The van der Waals surface area contributed by atoms with Gasteiger partial charge in [-0.05, 0) is 65.0 Å². The summed E-state index contributed by atoms with van der Waals surface area (Å²) in [6.07, 6.45) is -2.84. The maximum atomic E-state index is 13.1. The van der Waals surface area contributed by atoms with E-state index in [4.69, 9.17) is 0 Å². The van der Waals surface area contributed by atoms with Crippen molar-refractivity contribution in [3.05, 3.63) is 64.5 Å². The van der Waals surface area contributed by atoms with E-state index in [-0.39, 0.29) is 23.8 Å². The zero-order valence-corrected chi connectivity index (χ0v) is 20.8. The number of alkyl halides is 5. The van der Waals surface area contributed by atoms with Crippen molar-refractivity contribution in [1.82, 2.24) is 4.98 Å². The van der Waals surface area contributed by atoms with Gasteiger partial charge in [0.1, 0.15) is 6.07 Å². The number of fused-ring (bicyclic) bond motifs is 1. The lowest BCUT2D eigenvalue weighted by atomic mass is 9.80. The van der Waals surface area contributed by atoms with Gasteiger partial charge in [0.2, 0.25) is 6.43 Å². The fourth-order valence-corrected chi connectivity index (χ4v) is 5.16. The number of nitriles is 1. The molecule has 0 aliphatic heterocycles. The Morgan fingerprint density at radius 2 is 1.92 bits per heavy atom. The largest absolute Gasteiger partial charge is 0.391 e. The molecule has 1 aromatic carbocycles. The van der Waals surface area contributed by atoms with Crippen LogP contribution in [0.1, 0.15) is 84.6 Å². The minimum absolute atomic E-state index is 0.0405. The first-order valence-corrected chi connectivity index (χ1v) is 12.6. The molecule has 0 amide bonds. The molecule has 0 N–H and O–H groups in total. The number of allylic oxidation sites excluding steroid dienone is 2. The first-order chi connectivity index (χ1) is 17.5. The number of benzene rings is 1. The molecule has 0 saturated heterocycles. The fraction of sp³-hybridized carbons (Fsp3) is 0.483. The molecular weight excluding hydrogens is 487 g/mol. The first kappa shape index (κ1) is 27.0. The quantitative estimate of drug-likeness (QED) is 0.264. The van der Waals surface area contributed by atoms with Gasteiger partial charge >= 0.3 is 6.18 Å². The molecule has 2 aliphatic rings. The maximum absolute atomic E-state index is 13.1. The van der Waals surface area contributed by atoms with Crippen LogP contribution in [0.25, 0.3) is 11.1 Å². The van der Waals surface area contributed by atoms with Crippen LogP contribution in [0.5, 0.6) is 0 Å². The molecule has 2 aliphatic carbocycles. The van der Waals surface area contributed by atoms with Crippen LogP contribution in [0.4, 0.5) is 22.0 Å². The van der Waals surface area contributed by atoms with Crippen molar-refractivity contribution in [3.8, 4) is 6.07 Å². The molecule has 196 valence electrons. The normalized spacial score (nSPS) is 20.8. The van der Waals surface area contributed by atoms with Crippen LogP contribution in [0.2, 0.25) is 0 Å². The third kappa shape index (κ3) is 6.26. The summed E-state index contributed by atoms with van der Waals surface area (Å²) in [6, 6.07) is 10.5. The number of rotatable bonds is 8. The number of aromatic nitrogens is 1. The average molecular weight is 517 g/mol. The number of ketones is 1. The molecule has 3 atom stereocenters. The van der Waals surface area contributed by atoms with E-state index in [0.717, 1.165) is 31.7 Å². The Morgan fingerprint density at radius 1 is 1.19 bits per heavy atom. The SMILES string of the molecule is CC1c2cc(CC(F)F)ccc2C(C#N)=C(c2ccc(C(=O)CC(C)C(F)(F)F)cn2)CC1CC1CC1. The van der Waals surface area contributed by atoms with Crippen molar-refractivity contribution < 1.29 is 26.7 Å². The van der Waals surface area contributed by atoms with Crippen molar-refractivity contribution in [1.29, 1.82) is 5.26 Å². The van der Waals surface area contributed by atoms with E-state index in [1.54, 1.807) is 24.3 Å². The second-order valence-electron chi connectivity index (χ2n) is 10.4. The monoisotopic (exact) mass is 516 g/mol. The molecule has 37 heavy (non-hydrogen) atoms. The molecule has 0 bridgehead atoms. The molecule has 1 saturated carbocycles. The molecule has 4 rings (SSSR count). The highest BCUT2D eigenvalue weighted by atomic mass is 19.4. The number of hydrogen-bond acceptors (Lipinski definition) is 3. The summed E-state index contributed by atoms with van der Waals surface area (Å²) in [4.78, 5) is 16.8. The van der Waals surface area contributed by atoms with E-state index in [1.807, 2.05) is 0 Å². The summed E-state index contributed by atoms with van der Waals surface area (Å²) in [5, 5.41) is 10.2. The molecule has 0 spiro atoms. The smallest absolute Gasteiger partial charge is 0.294 e. The van der Waals surface area contributed by atoms with Crippen molar-refractivity contribution in [2.75, 3.05) is 0 Å². The highest BCUT2D eigenvalue weighted by molar-refractivity contribution is 5.99. The number of nitrogens with zero attached hydrogens (tertiary/aromatic N) is 2. The van der Waals surface area contributed by atoms with Crippen LogP contribution in [-0.2, 0) is 6.42 Å². The van der Waals surface area contributed by atoms with Crippen molar-refractivity contribution in [2.45, 2.75) is 70.9 Å². The van der Waals surface area contributed by atoms with Crippen molar-refractivity contribution in [3.63, 3.8) is 0 Å². The molecule has 0 radical (unpaired) electrons. The summed E-state index contributed by atoms with van der Waals surface area (Å²) in [7, 11) is 0. The predicted molar refractivity (Wildman–Crippen MR) is 131 cm³/mol. The fourth-order valence-electron chi connectivity index (χ4n) is 5.16. The number of pyridine rings is 1. The molecule has 2 aromatic rings. The second-order valence-corrected chi connectivity index (χ2v) is 10.4. The van der Waals surface area contributed by atoms with Gasteiger partial charge in [-0.3, -0.25) is 9.78 Å². The number of hydrogen-bond donors (Lipinski definition) is 0. The van der Waals surface area contributed by atoms with Crippen LogP contribution >= 0.6 is 0 Å².